The zero-order chi connectivity index (χ0) is 50.4. The standard InChI is InChI=1S/C51H81N5O10S/c1-15-35(6)45(54(11)43(33(2)3)48(59)53-49(60)44(34(4)5)55(12)50(61)66-51(8,9)10)41(64-13)30-42(57)56-28-22-27-40(56)46(65-14)36(7)47(58)52-39(29-37-23-18-16-19-24-37)32-67(62,63)31-38-25-20-17-21-26-38/h16-21,23-26,33-36,39-41,43-46H,15,22,27-32H2,1-14H3,(H,52,58)(H,53,59,60)/t35-,36+,39-,40-,41+,43-,44-,45-,46+/m0/s1. The van der Waals surface area contributed by atoms with Crippen LogP contribution in [0.4, 0.5) is 4.79 Å². The molecule has 67 heavy (non-hydrogen) atoms. The number of methoxy groups -OCH3 is 2. The third kappa shape index (κ3) is 16.7. The molecule has 1 aliphatic heterocycles. The Morgan fingerprint density at radius 1 is 0.806 bits per heavy atom. The van der Waals surface area contributed by atoms with E-state index in [9.17, 15) is 32.4 Å². The van der Waals surface area contributed by atoms with Crippen LogP contribution < -0.4 is 10.6 Å². The maximum atomic E-state index is 14.5. The van der Waals surface area contributed by atoms with Gasteiger partial charge in [0, 0.05) is 39.9 Å². The van der Waals surface area contributed by atoms with Crippen LogP contribution in [0.15, 0.2) is 60.7 Å². The van der Waals surface area contributed by atoms with E-state index >= 15 is 0 Å². The van der Waals surface area contributed by atoms with Crippen molar-refractivity contribution >= 4 is 39.6 Å². The lowest BCUT2D eigenvalue weighted by Gasteiger charge is -2.43. The average Bonchev–Trinajstić information content (AvgIpc) is 3.72. The number of hydrogen-bond donors (Lipinski definition) is 2. The van der Waals surface area contributed by atoms with Gasteiger partial charge in [-0.15, -0.1) is 0 Å². The summed E-state index contributed by atoms with van der Waals surface area (Å²) in [6.45, 7) is 18.9. The summed E-state index contributed by atoms with van der Waals surface area (Å²) < 4.78 is 44.7. The van der Waals surface area contributed by atoms with Crippen LogP contribution in [0.5, 0.6) is 0 Å². The highest BCUT2D eigenvalue weighted by Gasteiger charge is 2.44. The van der Waals surface area contributed by atoms with E-state index in [2.05, 4.69) is 10.6 Å². The molecule has 1 fully saturated rings. The topological polar surface area (TPSA) is 181 Å². The Morgan fingerprint density at radius 3 is 1.87 bits per heavy atom. The van der Waals surface area contributed by atoms with Crippen molar-refractivity contribution in [2.24, 2.45) is 23.7 Å². The first-order valence-electron chi connectivity index (χ1n) is 23.8. The molecule has 9 atom stereocenters. The molecule has 15 nitrogen and oxygen atoms in total. The van der Waals surface area contributed by atoms with Crippen molar-refractivity contribution in [3.05, 3.63) is 71.8 Å². The van der Waals surface area contributed by atoms with Crippen LogP contribution in [-0.4, -0.2) is 141 Å². The lowest BCUT2D eigenvalue weighted by atomic mass is 9.87. The minimum atomic E-state index is -3.63. The highest BCUT2D eigenvalue weighted by molar-refractivity contribution is 7.90. The largest absolute Gasteiger partial charge is 0.444 e. The van der Waals surface area contributed by atoms with Gasteiger partial charge in [0.25, 0.3) is 0 Å². The molecular weight excluding hydrogens is 875 g/mol. The molecule has 2 N–H and O–H groups in total. The maximum absolute atomic E-state index is 14.5. The Hall–Kier alpha value is -4.38. The van der Waals surface area contributed by atoms with E-state index in [1.165, 1.54) is 19.1 Å². The van der Waals surface area contributed by atoms with Gasteiger partial charge < -0.3 is 24.4 Å². The van der Waals surface area contributed by atoms with Gasteiger partial charge in [-0.3, -0.25) is 34.3 Å². The van der Waals surface area contributed by atoms with Crippen molar-refractivity contribution in [3.8, 4) is 0 Å². The molecule has 2 aromatic carbocycles. The van der Waals surface area contributed by atoms with Crippen LogP contribution in [-0.2, 0) is 55.4 Å². The number of imide groups is 1. The van der Waals surface area contributed by atoms with E-state index in [4.69, 9.17) is 14.2 Å². The lowest BCUT2D eigenvalue weighted by Crippen LogP contribution is -2.60. The third-order valence-electron chi connectivity index (χ3n) is 12.9. The smallest absolute Gasteiger partial charge is 0.410 e. The van der Waals surface area contributed by atoms with Crippen LogP contribution in [0.2, 0.25) is 0 Å². The Labute approximate surface area is 401 Å². The Balaban J connectivity index is 1.83. The molecule has 1 aliphatic rings. The highest BCUT2D eigenvalue weighted by Crippen LogP contribution is 2.31. The number of nitrogens with zero attached hydrogens (tertiary/aromatic N) is 3. The summed E-state index contributed by atoms with van der Waals surface area (Å²) in [5.41, 5.74) is 0.773. The predicted octanol–water partition coefficient (Wildman–Crippen LogP) is 6.28. The number of amides is 5. The number of carbonyl (C=O) groups excluding carboxylic acids is 5. The van der Waals surface area contributed by atoms with Crippen molar-refractivity contribution < 1.29 is 46.6 Å². The van der Waals surface area contributed by atoms with Gasteiger partial charge in [-0.25, -0.2) is 13.2 Å². The van der Waals surface area contributed by atoms with E-state index in [-0.39, 0.29) is 47.5 Å². The number of likely N-dealkylation sites (tertiary alicyclic amines) is 1. The van der Waals surface area contributed by atoms with Gasteiger partial charge in [0.1, 0.15) is 11.6 Å². The third-order valence-corrected chi connectivity index (χ3v) is 14.6. The highest BCUT2D eigenvalue weighted by atomic mass is 32.2. The van der Waals surface area contributed by atoms with Crippen LogP contribution in [0.25, 0.3) is 0 Å². The Morgan fingerprint density at radius 2 is 1.36 bits per heavy atom. The van der Waals surface area contributed by atoms with Gasteiger partial charge in [0.2, 0.25) is 23.6 Å². The second kappa shape index (κ2) is 25.8. The van der Waals surface area contributed by atoms with E-state index in [0.717, 1.165) is 5.56 Å². The summed E-state index contributed by atoms with van der Waals surface area (Å²) in [7, 11) is 2.73. The molecule has 1 saturated heterocycles. The first kappa shape index (κ1) is 56.9. The summed E-state index contributed by atoms with van der Waals surface area (Å²) in [4.78, 5) is 74.6. The second-order valence-corrected chi connectivity index (χ2v) is 22.2. The van der Waals surface area contributed by atoms with E-state index in [0.29, 0.717) is 37.8 Å². The van der Waals surface area contributed by atoms with Crippen molar-refractivity contribution in [1.82, 2.24) is 25.3 Å². The van der Waals surface area contributed by atoms with Crippen molar-refractivity contribution in [2.75, 3.05) is 40.6 Å². The molecular formula is C51H81N5O10S. The monoisotopic (exact) mass is 956 g/mol. The van der Waals surface area contributed by atoms with Crippen LogP contribution in [0, 0.1) is 23.7 Å². The van der Waals surface area contributed by atoms with Crippen molar-refractivity contribution in [3.63, 3.8) is 0 Å². The molecule has 376 valence electrons. The fourth-order valence-corrected chi connectivity index (χ4v) is 11.2. The van der Waals surface area contributed by atoms with Crippen molar-refractivity contribution in [2.45, 2.75) is 155 Å². The molecule has 3 rings (SSSR count). The minimum absolute atomic E-state index is 0.0246. The number of benzene rings is 2. The zero-order valence-corrected chi connectivity index (χ0v) is 43.4. The molecule has 0 aliphatic carbocycles. The van der Waals surface area contributed by atoms with Crippen molar-refractivity contribution in [1.29, 1.82) is 0 Å². The fraction of sp³-hybridized carbons (Fsp3) is 0.667. The molecule has 0 aromatic heterocycles. The van der Waals surface area contributed by atoms with E-state index in [1.54, 1.807) is 77.8 Å². The number of carbonyl (C=O) groups is 5. The van der Waals surface area contributed by atoms with Crippen LogP contribution >= 0.6 is 0 Å². The molecule has 16 heteroatoms. The molecule has 0 unspecified atom stereocenters. The van der Waals surface area contributed by atoms with Gasteiger partial charge >= 0.3 is 6.09 Å². The lowest BCUT2D eigenvalue weighted by molar-refractivity contribution is -0.144. The SMILES string of the molecule is CC[C@H](C)[C@@H]([C@@H](CC(=O)N1CCC[C@H]1[C@H](OC)[C@@H](C)C(=O)N[C@@H](Cc1ccccc1)CS(=O)(=O)Cc1ccccc1)OC)N(C)[C@H](C(=O)NC(=O)[C@H](C(C)C)N(C)C(=O)OC(C)(C)C)C(C)C. The molecule has 0 bridgehead atoms. The number of likely N-dealkylation sites (N-methyl/N-ethyl adjacent to an activating group) is 2. The number of hydrogen-bond acceptors (Lipinski definition) is 11. The minimum Gasteiger partial charge on any atom is -0.444 e. The normalized spacial score (nSPS) is 18.1. The number of ether oxygens (including phenoxy) is 3. The van der Waals surface area contributed by atoms with E-state index < -0.39 is 81.7 Å². The predicted molar refractivity (Wildman–Crippen MR) is 262 cm³/mol. The Bertz CT molecular complexity index is 2010. The van der Waals surface area contributed by atoms with Gasteiger partial charge in [-0.05, 0) is 76.0 Å². The van der Waals surface area contributed by atoms with Gasteiger partial charge in [-0.2, -0.15) is 0 Å². The number of rotatable bonds is 24. The molecule has 5 amide bonds. The first-order valence-corrected chi connectivity index (χ1v) is 25.6. The number of sulfone groups is 1. The molecule has 0 radical (unpaired) electrons. The summed E-state index contributed by atoms with van der Waals surface area (Å²) >= 11 is 0. The van der Waals surface area contributed by atoms with Gasteiger partial charge in [0.15, 0.2) is 9.84 Å². The van der Waals surface area contributed by atoms with E-state index in [1.807, 2.05) is 76.0 Å². The maximum Gasteiger partial charge on any atom is 0.410 e. The first-order chi connectivity index (χ1) is 31.4. The summed E-state index contributed by atoms with van der Waals surface area (Å²) in [6.07, 6.45) is 0.223. The molecule has 1 heterocycles. The van der Waals surface area contributed by atoms with Gasteiger partial charge in [-0.1, -0.05) is 116 Å². The summed E-state index contributed by atoms with van der Waals surface area (Å²) in [5.74, 6) is -3.54. The summed E-state index contributed by atoms with van der Waals surface area (Å²) in [5, 5.41) is 5.65. The zero-order valence-electron chi connectivity index (χ0n) is 42.6. The second-order valence-electron chi connectivity index (χ2n) is 20.1. The molecule has 0 spiro atoms. The molecule has 0 saturated carbocycles. The summed E-state index contributed by atoms with van der Waals surface area (Å²) in [6, 6.07) is 15.0. The van der Waals surface area contributed by atoms with Gasteiger partial charge in [0.05, 0.1) is 48.1 Å². The van der Waals surface area contributed by atoms with Crippen LogP contribution in [0.3, 0.4) is 0 Å². The fourth-order valence-electron chi connectivity index (χ4n) is 9.55. The Kier molecular flexibility index (Phi) is 22.0. The molecule has 2 aromatic rings. The average molecular weight is 956 g/mol. The quantitative estimate of drug-likeness (QED) is 0.121. The number of nitrogens with one attached hydrogen (secondary N) is 2. The van der Waals surface area contributed by atoms with Crippen LogP contribution in [0.1, 0.15) is 106 Å².